The average molecular weight is 470 g/mol. The molecule has 0 saturated heterocycles. The highest BCUT2D eigenvalue weighted by molar-refractivity contribution is 5.98. The third-order valence-electron chi connectivity index (χ3n) is 5.28. The van der Waals surface area contributed by atoms with Gasteiger partial charge in [0.15, 0.2) is 0 Å². The maximum Gasteiger partial charge on any atom is 0.342 e. The van der Waals surface area contributed by atoms with Gasteiger partial charge < -0.3 is 35.0 Å². The fourth-order valence-electron chi connectivity index (χ4n) is 3.47. The second-order valence-electron chi connectivity index (χ2n) is 7.58. The first-order chi connectivity index (χ1) is 15.7. The molecular weight excluding hydrogens is 434 g/mol. The summed E-state index contributed by atoms with van der Waals surface area (Å²) in [6.45, 7) is 5.55. The molecule has 2 rings (SSSR count). The number of benzene rings is 1. The van der Waals surface area contributed by atoms with Crippen molar-refractivity contribution in [2.45, 2.75) is 39.7 Å². The molecule has 0 radical (unpaired) electrons. The number of carbonyl (C=O) groups excluding carboxylic acids is 1. The van der Waals surface area contributed by atoms with Crippen molar-refractivity contribution in [3.8, 4) is 11.5 Å². The van der Waals surface area contributed by atoms with Crippen molar-refractivity contribution in [2.24, 2.45) is 0 Å². The summed E-state index contributed by atoms with van der Waals surface area (Å²) in [5.74, 6) is -0.973. The number of phenols is 1. The number of hydrogen-bond donors (Lipinski definition) is 5. The highest BCUT2D eigenvalue weighted by Crippen LogP contribution is 2.42. The van der Waals surface area contributed by atoms with Gasteiger partial charge in [-0.1, -0.05) is 11.6 Å². The van der Waals surface area contributed by atoms with Gasteiger partial charge >= 0.3 is 11.9 Å². The fraction of sp³-hybridized carbons (Fsp3) is 0.565. The molecule has 10 nitrogen and oxygen atoms in total. The SMILES string of the molecule is COc1c(C)c2c(c(O)c1C/C=C(\C)CCC(=O)O)C(=O)OC2.OCCN(CCO)CCO. The van der Waals surface area contributed by atoms with Gasteiger partial charge in [0.2, 0.25) is 0 Å². The van der Waals surface area contributed by atoms with Gasteiger partial charge in [0.25, 0.3) is 0 Å². The van der Waals surface area contributed by atoms with Crippen molar-refractivity contribution in [1.29, 1.82) is 0 Å². The molecule has 0 amide bonds. The van der Waals surface area contributed by atoms with E-state index in [1.807, 2.05) is 19.9 Å². The van der Waals surface area contributed by atoms with Crippen molar-refractivity contribution in [1.82, 2.24) is 4.90 Å². The molecule has 0 fully saturated rings. The van der Waals surface area contributed by atoms with Gasteiger partial charge in [0.05, 0.1) is 26.9 Å². The first kappa shape index (κ1) is 28.4. The number of esters is 1. The lowest BCUT2D eigenvalue weighted by Crippen LogP contribution is -2.32. The van der Waals surface area contributed by atoms with Crippen LogP contribution in [0.5, 0.6) is 11.5 Å². The Morgan fingerprint density at radius 3 is 2.18 bits per heavy atom. The average Bonchev–Trinajstić information content (AvgIpc) is 3.16. The molecule has 0 aromatic heterocycles. The zero-order chi connectivity index (χ0) is 25.0. The first-order valence-corrected chi connectivity index (χ1v) is 10.7. The Morgan fingerprint density at radius 2 is 1.70 bits per heavy atom. The quantitative estimate of drug-likeness (QED) is 0.221. The molecule has 0 unspecified atom stereocenters. The number of aromatic hydroxyl groups is 1. The lowest BCUT2D eigenvalue weighted by Gasteiger charge is -2.17. The summed E-state index contributed by atoms with van der Waals surface area (Å²) in [5, 5.41) is 44.6. The molecule has 0 spiro atoms. The third kappa shape index (κ3) is 8.32. The van der Waals surface area contributed by atoms with Crippen LogP contribution in [-0.2, 0) is 22.6 Å². The van der Waals surface area contributed by atoms with Crippen LogP contribution in [0.2, 0.25) is 0 Å². The van der Waals surface area contributed by atoms with E-state index in [0.717, 1.165) is 11.1 Å². The number of phenolic OH excluding ortho intramolecular Hbond substituents is 1. The fourth-order valence-corrected chi connectivity index (χ4v) is 3.47. The Balaban J connectivity index is 0.000000461. The largest absolute Gasteiger partial charge is 0.507 e. The molecule has 1 aliphatic rings. The summed E-state index contributed by atoms with van der Waals surface area (Å²) >= 11 is 0. The van der Waals surface area contributed by atoms with Crippen molar-refractivity contribution >= 4 is 11.9 Å². The van der Waals surface area contributed by atoms with Gasteiger partial charge in [-0.25, -0.2) is 4.79 Å². The zero-order valence-corrected chi connectivity index (χ0v) is 19.5. The minimum Gasteiger partial charge on any atom is -0.507 e. The number of cyclic esters (lactones) is 1. The van der Waals surface area contributed by atoms with E-state index in [0.29, 0.717) is 49.4 Å². The molecule has 0 saturated carbocycles. The molecule has 1 aromatic carbocycles. The van der Waals surface area contributed by atoms with Gasteiger partial charge in [-0.15, -0.1) is 0 Å². The van der Waals surface area contributed by atoms with E-state index >= 15 is 0 Å². The van der Waals surface area contributed by atoms with Gasteiger partial charge in [-0.2, -0.15) is 0 Å². The van der Waals surface area contributed by atoms with Gasteiger partial charge in [0, 0.05) is 37.2 Å². The summed E-state index contributed by atoms with van der Waals surface area (Å²) in [6, 6.07) is 0. The zero-order valence-electron chi connectivity index (χ0n) is 19.5. The highest BCUT2D eigenvalue weighted by atomic mass is 16.5. The molecule has 1 aromatic rings. The number of hydrogen-bond acceptors (Lipinski definition) is 9. The van der Waals surface area contributed by atoms with Crippen LogP contribution in [0.25, 0.3) is 0 Å². The lowest BCUT2D eigenvalue weighted by molar-refractivity contribution is -0.136. The van der Waals surface area contributed by atoms with E-state index in [4.69, 9.17) is 29.9 Å². The van der Waals surface area contributed by atoms with Crippen molar-refractivity contribution < 1.29 is 44.6 Å². The smallest absolute Gasteiger partial charge is 0.342 e. The van der Waals surface area contributed by atoms with Crippen LogP contribution >= 0.6 is 0 Å². The maximum atomic E-state index is 11.8. The number of rotatable bonds is 12. The van der Waals surface area contributed by atoms with Crippen molar-refractivity contribution in [3.05, 3.63) is 33.9 Å². The molecule has 33 heavy (non-hydrogen) atoms. The van der Waals surface area contributed by atoms with E-state index < -0.39 is 11.9 Å². The standard InChI is InChI=1S/C17H20O6.C6H15NO3/c1-9(5-7-13(18)19)4-6-11-15(20)14-12(8-23-17(14)21)10(2)16(11)22-3;8-4-1-7(2-5-9)3-6-10/h4,20H,5-8H2,1-3H3,(H,18,19);8-10H,1-6H2/b9-4+;. The Kier molecular flexibility index (Phi) is 12.5. The summed E-state index contributed by atoms with van der Waals surface area (Å²) in [4.78, 5) is 24.2. The van der Waals surface area contributed by atoms with Crippen LogP contribution in [0.1, 0.15) is 46.8 Å². The number of methoxy groups -OCH3 is 1. The highest BCUT2D eigenvalue weighted by Gasteiger charge is 2.31. The van der Waals surface area contributed by atoms with Gasteiger partial charge in [-0.05, 0) is 32.3 Å². The number of aliphatic hydroxyl groups is 3. The van der Waals surface area contributed by atoms with Crippen molar-refractivity contribution in [2.75, 3.05) is 46.6 Å². The molecular formula is C23H35NO9. The summed E-state index contributed by atoms with van der Waals surface area (Å²) < 4.78 is 10.4. The van der Waals surface area contributed by atoms with Crippen LogP contribution in [0.4, 0.5) is 0 Å². The summed E-state index contributed by atoms with van der Waals surface area (Å²) in [6.07, 6.45) is 2.68. The monoisotopic (exact) mass is 469 g/mol. The Hall–Kier alpha value is -2.66. The Labute approximate surface area is 193 Å². The van der Waals surface area contributed by atoms with Crippen LogP contribution in [0.3, 0.4) is 0 Å². The van der Waals surface area contributed by atoms with E-state index in [-0.39, 0.29) is 44.2 Å². The minimum absolute atomic E-state index is 0.0565. The maximum absolute atomic E-state index is 11.8. The van der Waals surface area contributed by atoms with Gasteiger partial charge in [0.1, 0.15) is 23.7 Å². The predicted octanol–water partition coefficient (Wildman–Crippen LogP) is 0.999. The minimum atomic E-state index is -0.853. The molecule has 1 aliphatic heterocycles. The number of aliphatic hydroxyl groups excluding tert-OH is 3. The number of allylic oxidation sites excluding steroid dienone is 2. The molecule has 10 heteroatoms. The third-order valence-corrected chi connectivity index (χ3v) is 5.28. The normalized spacial score (nSPS) is 12.8. The van der Waals surface area contributed by atoms with Crippen LogP contribution in [-0.4, -0.2) is 88.9 Å². The summed E-state index contributed by atoms with van der Waals surface area (Å²) in [7, 11) is 1.51. The predicted molar refractivity (Wildman–Crippen MR) is 121 cm³/mol. The second kappa shape index (κ2) is 14.5. The number of fused-ring (bicyclic) bond motifs is 1. The number of aliphatic carboxylic acids is 1. The number of carboxylic acid groups (broad SMARTS) is 1. The van der Waals surface area contributed by atoms with Crippen molar-refractivity contribution in [3.63, 3.8) is 0 Å². The summed E-state index contributed by atoms with van der Waals surface area (Å²) in [5.41, 5.74) is 3.04. The topological polar surface area (TPSA) is 157 Å². The molecule has 0 atom stereocenters. The van der Waals surface area contributed by atoms with Crippen LogP contribution in [0, 0.1) is 6.92 Å². The molecule has 186 valence electrons. The Bertz CT molecular complexity index is 822. The van der Waals surface area contributed by atoms with Gasteiger partial charge in [-0.3, -0.25) is 9.69 Å². The molecule has 5 N–H and O–H groups in total. The molecule has 1 heterocycles. The van der Waals surface area contributed by atoms with E-state index in [1.165, 1.54) is 7.11 Å². The number of nitrogens with zero attached hydrogens (tertiary/aromatic N) is 1. The second-order valence-corrected chi connectivity index (χ2v) is 7.58. The van der Waals surface area contributed by atoms with E-state index in [2.05, 4.69) is 0 Å². The number of carboxylic acids is 1. The lowest BCUT2D eigenvalue weighted by atomic mass is 9.94. The van der Waals surface area contributed by atoms with E-state index in [9.17, 15) is 14.7 Å². The number of carbonyl (C=O) groups is 2. The molecule has 0 aliphatic carbocycles. The van der Waals surface area contributed by atoms with Crippen LogP contribution < -0.4 is 4.74 Å². The molecule has 0 bridgehead atoms. The number of ether oxygens (including phenoxy) is 2. The Morgan fingerprint density at radius 1 is 1.12 bits per heavy atom. The first-order valence-electron chi connectivity index (χ1n) is 10.7. The van der Waals surface area contributed by atoms with Crippen LogP contribution in [0.15, 0.2) is 11.6 Å². The van der Waals surface area contributed by atoms with E-state index in [1.54, 1.807) is 4.90 Å².